The molecule has 1 rings (SSSR count). The zero-order valence-electron chi connectivity index (χ0n) is 5.69. The quantitative estimate of drug-likeness (QED) is 0.618. The molecule has 0 spiro atoms. The van der Waals surface area contributed by atoms with Gasteiger partial charge in [0, 0.05) is 6.20 Å². The average molecular weight is 180 g/mol. The van der Waals surface area contributed by atoms with Crippen LogP contribution in [-0.4, -0.2) is 4.98 Å². The molecular formula is C6H4F4N2. The highest BCUT2D eigenvalue weighted by Gasteiger charge is 2.35. The summed E-state index contributed by atoms with van der Waals surface area (Å²) in [5, 5.41) is 0. The van der Waals surface area contributed by atoms with Crippen molar-refractivity contribution in [1.82, 2.24) is 4.98 Å². The number of halogens is 4. The van der Waals surface area contributed by atoms with Crippen molar-refractivity contribution < 1.29 is 17.6 Å². The molecule has 1 aromatic heterocycles. The van der Waals surface area contributed by atoms with Crippen LogP contribution in [0.4, 0.5) is 23.2 Å². The minimum absolute atomic E-state index is 0.717. The van der Waals surface area contributed by atoms with Gasteiger partial charge in [-0.1, -0.05) is 0 Å². The molecule has 0 atom stereocenters. The number of alkyl halides is 3. The van der Waals surface area contributed by atoms with Gasteiger partial charge in [0.05, 0.1) is 5.69 Å². The van der Waals surface area contributed by atoms with E-state index in [2.05, 4.69) is 4.98 Å². The first-order chi connectivity index (χ1) is 5.43. The predicted octanol–water partition coefficient (Wildman–Crippen LogP) is 1.82. The van der Waals surface area contributed by atoms with Gasteiger partial charge < -0.3 is 5.73 Å². The number of hydrogen-bond donors (Lipinski definition) is 1. The Morgan fingerprint density at radius 2 is 1.92 bits per heavy atom. The summed E-state index contributed by atoms with van der Waals surface area (Å²) in [5.74, 6) is -1.11. The lowest BCUT2D eigenvalue weighted by Gasteiger charge is -2.07. The highest BCUT2D eigenvalue weighted by molar-refractivity contribution is 5.45. The molecule has 0 aliphatic rings. The first kappa shape index (κ1) is 8.76. The SMILES string of the molecule is Nc1c(F)ccnc1C(F)(F)F. The zero-order valence-corrected chi connectivity index (χ0v) is 5.69. The van der Waals surface area contributed by atoms with E-state index in [1.165, 1.54) is 0 Å². The van der Waals surface area contributed by atoms with Gasteiger partial charge in [-0.25, -0.2) is 9.37 Å². The Bertz CT molecular complexity index is 294. The molecule has 2 nitrogen and oxygen atoms in total. The second kappa shape index (κ2) is 2.62. The second-order valence-electron chi connectivity index (χ2n) is 2.05. The van der Waals surface area contributed by atoms with Crippen LogP contribution in [0.3, 0.4) is 0 Å². The Morgan fingerprint density at radius 3 is 2.33 bits per heavy atom. The van der Waals surface area contributed by atoms with E-state index in [1.54, 1.807) is 0 Å². The van der Waals surface area contributed by atoms with Crippen LogP contribution < -0.4 is 5.73 Å². The molecule has 6 heteroatoms. The number of nitrogens with zero attached hydrogens (tertiary/aromatic N) is 1. The number of anilines is 1. The summed E-state index contributed by atoms with van der Waals surface area (Å²) in [6.07, 6.45) is -3.99. The Morgan fingerprint density at radius 1 is 1.33 bits per heavy atom. The zero-order chi connectivity index (χ0) is 9.35. The molecule has 12 heavy (non-hydrogen) atoms. The first-order valence-corrected chi connectivity index (χ1v) is 2.90. The summed E-state index contributed by atoms with van der Waals surface area (Å²) in [4.78, 5) is 2.92. The third kappa shape index (κ3) is 1.46. The van der Waals surface area contributed by atoms with Gasteiger partial charge >= 0.3 is 6.18 Å². The van der Waals surface area contributed by atoms with Crippen LogP contribution in [0.25, 0.3) is 0 Å². The minimum atomic E-state index is -4.70. The van der Waals surface area contributed by atoms with E-state index in [0.717, 1.165) is 6.07 Å². The van der Waals surface area contributed by atoms with Crippen molar-refractivity contribution in [2.75, 3.05) is 5.73 Å². The van der Waals surface area contributed by atoms with Crippen LogP contribution in [0.15, 0.2) is 12.3 Å². The van der Waals surface area contributed by atoms with Gasteiger partial charge in [0.1, 0.15) is 5.82 Å². The molecule has 0 aliphatic carbocycles. The lowest BCUT2D eigenvalue weighted by molar-refractivity contribution is -0.140. The largest absolute Gasteiger partial charge is 0.435 e. The van der Waals surface area contributed by atoms with Crippen LogP contribution in [0, 0.1) is 5.82 Å². The smallest absolute Gasteiger partial charge is 0.395 e. The van der Waals surface area contributed by atoms with Crippen molar-refractivity contribution in [2.24, 2.45) is 0 Å². The summed E-state index contributed by atoms with van der Waals surface area (Å²) in [6, 6.07) is 0.768. The summed E-state index contributed by atoms with van der Waals surface area (Å²) in [6.45, 7) is 0. The average Bonchev–Trinajstić information content (AvgIpc) is 1.92. The molecular weight excluding hydrogens is 176 g/mol. The normalized spacial score (nSPS) is 11.7. The van der Waals surface area contributed by atoms with Gasteiger partial charge in [0.25, 0.3) is 0 Å². The Kier molecular flexibility index (Phi) is 1.91. The minimum Gasteiger partial charge on any atom is -0.395 e. The molecule has 0 aliphatic heterocycles. The van der Waals surface area contributed by atoms with Gasteiger partial charge in [-0.2, -0.15) is 13.2 Å². The standard InChI is InChI=1S/C6H4F4N2/c7-3-1-2-12-5(4(3)11)6(8,9)10/h1-2H,11H2. The molecule has 1 aromatic rings. The third-order valence-corrected chi connectivity index (χ3v) is 1.21. The summed E-state index contributed by atoms with van der Waals surface area (Å²) in [5.41, 5.74) is 2.46. The molecule has 0 unspecified atom stereocenters. The highest BCUT2D eigenvalue weighted by atomic mass is 19.4. The Labute approximate surface area is 65.0 Å². The Balaban J connectivity index is 3.26. The van der Waals surface area contributed by atoms with E-state index < -0.39 is 23.4 Å². The molecule has 0 bridgehead atoms. The summed E-state index contributed by atoms with van der Waals surface area (Å²) >= 11 is 0. The van der Waals surface area contributed by atoms with Crippen LogP contribution >= 0.6 is 0 Å². The Hall–Kier alpha value is -1.33. The first-order valence-electron chi connectivity index (χ1n) is 2.90. The molecule has 0 saturated heterocycles. The third-order valence-electron chi connectivity index (χ3n) is 1.21. The molecule has 2 N–H and O–H groups in total. The van der Waals surface area contributed by atoms with Crippen LogP contribution in [0.2, 0.25) is 0 Å². The van der Waals surface area contributed by atoms with Crippen LogP contribution in [0.1, 0.15) is 5.69 Å². The van der Waals surface area contributed by atoms with Gasteiger partial charge in [-0.05, 0) is 6.07 Å². The van der Waals surface area contributed by atoms with Crippen LogP contribution in [-0.2, 0) is 6.18 Å². The van der Waals surface area contributed by atoms with Crippen molar-refractivity contribution >= 4 is 5.69 Å². The van der Waals surface area contributed by atoms with E-state index in [9.17, 15) is 17.6 Å². The fourth-order valence-electron chi connectivity index (χ4n) is 0.676. The number of nitrogens with two attached hydrogens (primary N) is 1. The predicted molar refractivity (Wildman–Crippen MR) is 33.6 cm³/mol. The summed E-state index contributed by atoms with van der Waals surface area (Å²) in [7, 11) is 0. The van der Waals surface area contributed by atoms with E-state index in [1.807, 2.05) is 0 Å². The fourth-order valence-corrected chi connectivity index (χ4v) is 0.676. The van der Waals surface area contributed by atoms with Crippen molar-refractivity contribution in [3.63, 3.8) is 0 Å². The molecule has 0 fully saturated rings. The number of pyridine rings is 1. The van der Waals surface area contributed by atoms with E-state index in [0.29, 0.717) is 6.20 Å². The van der Waals surface area contributed by atoms with Gasteiger partial charge in [0.2, 0.25) is 0 Å². The molecule has 0 amide bonds. The van der Waals surface area contributed by atoms with Crippen molar-refractivity contribution in [3.05, 3.63) is 23.8 Å². The monoisotopic (exact) mass is 180 g/mol. The molecule has 0 aromatic carbocycles. The van der Waals surface area contributed by atoms with E-state index in [4.69, 9.17) is 5.73 Å². The van der Waals surface area contributed by atoms with Gasteiger partial charge in [0.15, 0.2) is 5.69 Å². The topological polar surface area (TPSA) is 38.9 Å². The fraction of sp³-hybridized carbons (Fsp3) is 0.167. The molecule has 0 radical (unpaired) electrons. The van der Waals surface area contributed by atoms with Crippen LogP contribution in [0.5, 0.6) is 0 Å². The van der Waals surface area contributed by atoms with E-state index >= 15 is 0 Å². The molecule has 1 heterocycles. The summed E-state index contributed by atoms with van der Waals surface area (Å²) < 4.78 is 48.2. The lowest BCUT2D eigenvalue weighted by atomic mass is 10.3. The van der Waals surface area contributed by atoms with Gasteiger partial charge in [-0.3, -0.25) is 0 Å². The number of nitrogen functional groups attached to an aromatic ring is 1. The number of hydrogen-bond acceptors (Lipinski definition) is 2. The maximum atomic E-state index is 12.4. The molecule has 66 valence electrons. The van der Waals surface area contributed by atoms with Crippen molar-refractivity contribution in [1.29, 1.82) is 0 Å². The lowest BCUT2D eigenvalue weighted by Crippen LogP contribution is -2.12. The number of rotatable bonds is 0. The van der Waals surface area contributed by atoms with E-state index in [-0.39, 0.29) is 0 Å². The van der Waals surface area contributed by atoms with Crippen molar-refractivity contribution in [3.8, 4) is 0 Å². The number of aromatic nitrogens is 1. The molecule has 0 saturated carbocycles. The maximum Gasteiger partial charge on any atom is 0.435 e. The second-order valence-corrected chi connectivity index (χ2v) is 2.05. The highest BCUT2D eigenvalue weighted by Crippen LogP contribution is 2.32. The van der Waals surface area contributed by atoms with Crippen molar-refractivity contribution in [2.45, 2.75) is 6.18 Å². The maximum absolute atomic E-state index is 12.4. The van der Waals surface area contributed by atoms with Gasteiger partial charge in [-0.15, -0.1) is 0 Å².